The Morgan fingerprint density at radius 1 is 1.00 bits per heavy atom. The van der Waals surface area contributed by atoms with Gasteiger partial charge in [-0.3, -0.25) is 4.90 Å². The van der Waals surface area contributed by atoms with Crippen molar-refractivity contribution in [3.05, 3.63) is 41.7 Å². The van der Waals surface area contributed by atoms with Gasteiger partial charge < -0.3 is 14.4 Å². The topological polar surface area (TPSA) is 42.8 Å². The molecule has 0 saturated carbocycles. The third kappa shape index (κ3) is 5.78. The van der Waals surface area contributed by atoms with E-state index in [1.807, 2.05) is 13.1 Å². The molecule has 0 radical (unpaired) electrons. The van der Waals surface area contributed by atoms with Gasteiger partial charge in [0.15, 0.2) is 0 Å². The van der Waals surface area contributed by atoms with Crippen LogP contribution in [0.4, 0.5) is 13.2 Å². The van der Waals surface area contributed by atoms with Crippen molar-refractivity contribution >= 4 is 0 Å². The summed E-state index contributed by atoms with van der Waals surface area (Å²) in [6.07, 6.45) is -0.598. The molecular weight excluding hydrogens is 409 g/mol. The van der Waals surface area contributed by atoms with E-state index in [2.05, 4.69) is 19.6 Å². The van der Waals surface area contributed by atoms with Crippen molar-refractivity contribution in [2.45, 2.75) is 32.0 Å². The zero-order valence-electron chi connectivity index (χ0n) is 17.8. The number of ether oxygens (including phenoxy) is 2. The smallest absolute Gasteiger partial charge is 0.406 e. The van der Waals surface area contributed by atoms with Crippen LogP contribution in [0.1, 0.15) is 30.0 Å². The SMILES string of the molecule is Cc1c(C2CCN(CCN3CCOCC3)CC2)cnn1-c1ccc(OC(F)(F)F)cc1. The van der Waals surface area contributed by atoms with E-state index in [1.165, 1.54) is 17.7 Å². The van der Waals surface area contributed by atoms with E-state index in [1.54, 1.807) is 16.8 Å². The van der Waals surface area contributed by atoms with Crippen molar-refractivity contribution in [3.63, 3.8) is 0 Å². The number of hydrogen-bond acceptors (Lipinski definition) is 5. The van der Waals surface area contributed by atoms with Crippen LogP contribution in [0.5, 0.6) is 5.75 Å². The molecular formula is C22H29F3N4O2. The number of benzene rings is 1. The van der Waals surface area contributed by atoms with Crippen LogP contribution in [0.15, 0.2) is 30.5 Å². The summed E-state index contributed by atoms with van der Waals surface area (Å²) in [6, 6.07) is 5.82. The summed E-state index contributed by atoms with van der Waals surface area (Å²) in [5, 5.41) is 4.50. The minimum Gasteiger partial charge on any atom is -0.406 e. The molecule has 1 aromatic heterocycles. The van der Waals surface area contributed by atoms with Crippen molar-refractivity contribution in [1.82, 2.24) is 19.6 Å². The molecule has 9 heteroatoms. The number of rotatable bonds is 6. The predicted molar refractivity (Wildman–Crippen MR) is 111 cm³/mol. The Kier molecular flexibility index (Phi) is 6.83. The summed E-state index contributed by atoms with van der Waals surface area (Å²) in [5.41, 5.74) is 2.99. The molecule has 2 aliphatic rings. The van der Waals surface area contributed by atoms with Crippen molar-refractivity contribution in [1.29, 1.82) is 0 Å². The van der Waals surface area contributed by atoms with Gasteiger partial charge in [0.05, 0.1) is 25.1 Å². The Bertz CT molecular complexity index is 839. The molecule has 0 atom stereocenters. The fourth-order valence-electron chi connectivity index (χ4n) is 4.45. The van der Waals surface area contributed by atoms with Gasteiger partial charge in [-0.1, -0.05) is 0 Å². The number of morpholine rings is 1. The first-order valence-electron chi connectivity index (χ1n) is 10.8. The molecule has 2 aromatic rings. The number of alkyl halides is 3. The highest BCUT2D eigenvalue weighted by Gasteiger charge is 2.31. The fraction of sp³-hybridized carbons (Fsp3) is 0.591. The van der Waals surface area contributed by atoms with E-state index < -0.39 is 6.36 Å². The molecule has 0 aliphatic carbocycles. The molecule has 0 N–H and O–H groups in total. The largest absolute Gasteiger partial charge is 0.573 e. The van der Waals surface area contributed by atoms with E-state index in [0.717, 1.165) is 76.7 Å². The Balaban J connectivity index is 1.32. The highest BCUT2D eigenvalue weighted by Crippen LogP contribution is 2.31. The zero-order valence-corrected chi connectivity index (χ0v) is 17.8. The van der Waals surface area contributed by atoms with Crippen LogP contribution in [0.3, 0.4) is 0 Å². The third-order valence-electron chi connectivity index (χ3n) is 6.23. The van der Waals surface area contributed by atoms with Crippen molar-refractivity contribution < 1.29 is 22.6 Å². The minimum atomic E-state index is -4.69. The lowest BCUT2D eigenvalue weighted by Crippen LogP contribution is -2.43. The van der Waals surface area contributed by atoms with Crippen molar-refractivity contribution in [3.8, 4) is 11.4 Å². The standard InChI is InChI=1S/C22H29F3N4O2/c1-17-21(16-26-29(17)19-2-4-20(5-3-19)31-22(23,24)25)18-6-8-27(9-7-18)10-11-28-12-14-30-15-13-28/h2-5,16,18H,6-15H2,1H3. The first kappa shape index (κ1) is 22.1. The molecule has 31 heavy (non-hydrogen) atoms. The van der Waals surface area contributed by atoms with E-state index in [4.69, 9.17) is 4.74 Å². The maximum atomic E-state index is 12.4. The number of piperidine rings is 1. The van der Waals surface area contributed by atoms with Gasteiger partial charge in [0, 0.05) is 31.9 Å². The molecule has 170 valence electrons. The molecule has 2 aliphatic heterocycles. The van der Waals surface area contributed by atoms with Gasteiger partial charge in [0.1, 0.15) is 5.75 Å². The van der Waals surface area contributed by atoms with Crippen molar-refractivity contribution in [2.75, 3.05) is 52.5 Å². The second-order valence-corrected chi connectivity index (χ2v) is 8.21. The van der Waals surface area contributed by atoms with E-state index in [9.17, 15) is 13.2 Å². The molecule has 2 saturated heterocycles. The summed E-state index contributed by atoms with van der Waals surface area (Å²) >= 11 is 0. The highest BCUT2D eigenvalue weighted by atomic mass is 19.4. The second kappa shape index (κ2) is 9.58. The third-order valence-corrected chi connectivity index (χ3v) is 6.23. The molecule has 6 nitrogen and oxygen atoms in total. The number of likely N-dealkylation sites (tertiary alicyclic amines) is 1. The van der Waals surface area contributed by atoms with Crippen LogP contribution < -0.4 is 4.74 Å². The lowest BCUT2D eigenvalue weighted by molar-refractivity contribution is -0.274. The second-order valence-electron chi connectivity index (χ2n) is 8.21. The van der Waals surface area contributed by atoms with Crippen LogP contribution in [0, 0.1) is 6.92 Å². The Labute approximate surface area is 180 Å². The number of aromatic nitrogens is 2. The van der Waals surface area contributed by atoms with Crippen LogP contribution in [-0.4, -0.2) is 78.4 Å². The summed E-state index contributed by atoms with van der Waals surface area (Å²) < 4.78 is 48.2. The minimum absolute atomic E-state index is 0.231. The van der Waals surface area contributed by atoms with E-state index in [-0.39, 0.29) is 5.75 Å². The Hall–Kier alpha value is -2.10. The molecule has 1 aromatic carbocycles. The average molecular weight is 438 g/mol. The summed E-state index contributed by atoms with van der Waals surface area (Å²) in [6.45, 7) is 10.1. The first-order chi connectivity index (χ1) is 14.9. The molecule has 0 unspecified atom stereocenters. The van der Waals surface area contributed by atoms with Crippen LogP contribution in [0.25, 0.3) is 5.69 Å². The van der Waals surface area contributed by atoms with Crippen LogP contribution >= 0.6 is 0 Å². The average Bonchev–Trinajstić information content (AvgIpc) is 3.14. The lowest BCUT2D eigenvalue weighted by atomic mass is 9.90. The van der Waals surface area contributed by atoms with Crippen LogP contribution in [0.2, 0.25) is 0 Å². The van der Waals surface area contributed by atoms with Gasteiger partial charge in [-0.25, -0.2) is 4.68 Å². The molecule has 0 spiro atoms. The Morgan fingerprint density at radius 2 is 1.61 bits per heavy atom. The van der Waals surface area contributed by atoms with Gasteiger partial charge in [-0.2, -0.15) is 5.10 Å². The number of nitrogens with zero attached hydrogens (tertiary/aromatic N) is 4. The fourth-order valence-corrected chi connectivity index (χ4v) is 4.45. The van der Waals surface area contributed by atoms with Crippen molar-refractivity contribution in [2.24, 2.45) is 0 Å². The van der Waals surface area contributed by atoms with Gasteiger partial charge in [-0.15, -0.1) is 13.2 Å². The zero-order chi connectivity index (χ0) is 21.8. The molecule has 4 rings (SSSR count). The van der Waals surface area contributed by atoms with E-state index >= 15 is 0 Å². The van der Waals surface area contributed by atoms with Gasteiger partial charge in [0.25, 0.3) is 0 Å². The molecule has 0 bridgehead atoms. The monoisotopic (exact) mass is 438 g/mol. The quantitative estimate of drug-likeness (QED) is 0.690. The maximum Gasteiger partial charge on any atom is 0.573 e. The normalized spacial score (nSPS) is 19.6. The number of hydrogen-bond donors (Lipinski definition) is 0. The van der Waals surface area contributed by atoms with Crippen LogP contribution in [-0.2, 0) is 4.74 Å². The Morgan fingerprint density at radius 3 is 2.23 bits per heavy atom. The maximum absolute atomic E-state index is 12.4. The molecule has 0 amide bonds. The first-order valence-corrected chi connectivity index (χ1v) is 10.8. The summed E-state index contributed by atoms with van der Waals surface area (Å²) in [4.78, 5) is 5.00. The summed E-state index contributed by atoms with van der Waals surface area (Å²) in [5.74, 6) is 0.229. The van der Waals surface area contributed by atoms with Gasteiger partial charge in [-0.05, 0) is 68.6 Å². The summed E-state index contributed by atoms with van der Waals surface area (Å²) in [7, 11) is 0. The van der Waals surface area contributed by atoms with Gasteiger partial charge >= 0.3 is 6.36 Å². The van der Waals surface area contributed by atoms with Gasteiger partial charge in [0.2, 0.25) is 0 Å². The molecule has 2 fully saturated rings. The lowest BCUT2D eigenvalue weighted by Gasteiger charge is -2.34. The number of halogens is 3. The predicted octanol–water partition coefficient (Wildman–Crippen LogP) is 3.59. The van der Waals surface area contributed by atoms with E-state index in [0.29, 0.717) is 5.92 Å². The molecule has 3 heterocycles. The highest BCUT2D eigenvalue weighted by molar-refractivity contribution is 5.39.